The normalized spacial score (nSPS) is 14.7. The average molecular weight is 206 g/mol. The predicted molar refractivity (Wildman–Crippen MR) is 56.8 cm³/mol. The van der Waals surface area contributed by atoms with Gasteiger partial charge in [-0.15, -0.1) is 0 Å². The summed E-state index contributed by atoms with van der Waals surface area (Å²) in [4.78, 5) is 15.5. The number of aromatic nitrogens is 1. The Morgan fingerprint density at radius 1 is 1.60 bits per heavy atom. The van der Waals surface area contributed by atoms with E-state index in [0.29, 0.717) is 18.2 Å². The molecule has 0 atom stereocenters. The number of amides is 1. The second-order valence-electron chi connectivity index (χ2n) is 3.78. The van der Waals surface area contributed by atoms with Crippen LogP contribution in [0.15, 0.2) is 18.3 Å². The molecule has 1 heterocycles. The highest BCUT2D eigenvalue weighted by Crippen LogP contribution is 2.32. The van der Waals surface area contributed by atoms with E-state index in [-0.39, 0.29) is 5.91 Å². The minimum absolute atomic E-state index is 0.0736. The zero-order valence-electron chi connectivity index (χ0n) is 8.69. The highest BCUT2D eigenvalue weighted by Gasteiger charge is 2.24. The van der Waals surface area contributed by atoms with Crippen LogP contribution in [0, 0.1) is 5.92 Å². The van der Waals surface area contributed by atoms with Gasteiger partial charge in [-0.1, -0.05) is 0 Å². The molecule has 4 nitrogen and oxygen atoms in total. The fourth-order valence-electron chi connectivity index (χ4n) is 1.37. The van der Waals surface area contributed by atoms with Crippen LogP contribution in [0.4, 0.5) is 5.69 Å². The molecule has 0 aliphatic heterocycles. The number of hydrogen-bond donors (Lipinski definition) is 1. The zero-order valence-corrected chi connectivity index (χ0v) is 8.69. The third kappa shape index (κ3) is 2.94. The molecule has 1 aromatic rings. The van der Waals surface area contributed by atoms with Crippen molar-refractivity contribution in [3.05, 3.63) is 18.3 Å². The third-order valence-electron chi connectivity index (χ3n) is 2.40. The Morgan fingerprint density at radius 3 is 2.93 bits per heavy atom. The topological polar surface area (TPSA) is 51.2 Å². The molecule has 1 saturated carbocycles. The van der Waals surface area contributed by atoms with Crippen molar-refractivity contribution >= 4 is 11.6 Å². The standard InChI is InChI=1S/C11H14N2O2/c1-15-11-5-4-9(7-12-11)13-10(14)6-8-2-3-8/h4-5,7-8H,2-3,6H2,1H3,(H,13,14). The van der Waals surface area contributed by atoms with Crippen LogP contribution in [0.3, 0.4) is 0 Å². The molecule has 1 amide bonds. The lowest BCUT2D eigenvalue weighted by Crippen LogP contribution is -2.11. The Bertz CT molecular complexity index is 344. The van der Waals surface area contributed by atoms with Crippen molar-refractivity contribution in [2.45, 2.75) is 19.3 Å². The first-order valence-corrected chi connectivity index (χ1v) is 5.08. The first-order chi connectivity index (χ1) is 7.28. The molecule has 1 N–H and O–H groups in total. The number of carbonyl (C=O) groups is 1. The van der Waals surface area contributed by atoms with Crippen molar-refractivity contribution in [2.24, 2.45) is 5.92 Å². The molecular formula is C11H14N2O2. The van der Waals surface area contributed by atoms with Gasteiger partial charge in [0.25, 0.3) is 0 Å². The molecular weight excluding hydrogens is 192 g/mol. The highest BCUT2D eigenvalue weighted by atomic mass is 16.5. The van der Waals surface area contributed by atoms with E-state index in [1.54, 1.807) is 25.4 Å². The van der Waals surface area contributed by atoms with E-state index in [1.165, 1.54) is 12.8 Å². The number of nitrogens with one attached hydrogen (secondary N) is 1. The number of carbonyl (C=O) groups excluding carboxylic acids is 1. The molecule has 0 unspecified atom stereocenters. The van der Waals surface area contributed by atoms with Crippen molar-refractivity contribution in [2.75, 3.05) is 12.4 Å². The Kier molecular flexibility index (Phi) is 2.85. The number of hydrogen-bond acceptors (Lipinski definition) is 3. The van der Waals surface area contributed by atoms with E-state index in [2.05, 4.69) is 10.3 Å². The lowest BCUT2D eigenvalue weighted by Gasteiger charge is -2.04. The van der Waals surface area contributed by atoms with Gasteiger partial charge in [0.15, 0.2) is 0 Å². The van der Waals surface area contributed by atoms with Gasteiger partial charge in [0.05, 0.1) is 19.0 Å². The molecule has 0 aromatic carbocycles. The zero-order chi connectivity index (χ0) is 10.7. The third-order valence-corrected chi connectivity index (χ3v) is 2.40. The summed E-state index contributed by atoms with van der Waals surface area (Å²) in [7, 11) is 1.56. The number of pyridine rings is 1. The fourth-order valence-corrected chi connectivity index (χ4v) is 1.37. The monoisotopic (exact) mass is 206 g/mol. The molecule has 4 heteroatoms. The van der Waals surface area contributed by atoms with Gasteiger partial charge in [-0.3, -0.25) is 4.79 Å². The number of rotatable bonds is 4. The lowest BCUT2D eigenvalue weighted by molar-refractivity contribution is -0.116. The summed E-state index contributed by atoms with van der Waals surface area (Å²) >= 11 is 0. The Hall–Kier alpha value is -1.58. The van der Waals surface area contributed by atoms with Crippen LogP contribution in [0.5, 0.6) is 5.88 Å². The highest BCUT2D eigenvalue weighted by molar-refractivity contribution is 5.90. The van der Waals surface area contributed by atoms with Gasteiger partial charge in [-0.25, -0.2) is 4.98 Å². The lowest BCUT2D eigenvalue weighted by atomic mass is 10.3. The summed E-state index contributed by atoms with van der Waals surface area (Å²) in [6.45, 7) is 0. The summed E-state index contributed by atoms with van der Waals surface area (Å²) in [6, 6.07) is 3.52. The fraction of sp³-hybridized carbons (Fsp3) is 0.455. The van der Waals surface area contributed by atoms with Crippen LogP contribution < -0.4 is 10.1 Å². The minimum atomic E-state index is 0.0736. The van der Waals surface area contributed by atoms with E-state index in [4.69, 9.17) is 4.74 Å². The molecule has 15 heavy (non-hydrogen) atoms. The quantitative estimate of drug-likeness (QED) is 0.817. The first-order valence-electron chi connectivity index (χ1n) is 5.08. The molecule has 1 aliphatic rings. The van der Waals surface area contributed by atoms with Gasteiger partial charge in [-0.2, -0.15) is 0 Å². The van der Waals surface area contributed by atoms with Crippen LogP contribution in [0.1, 0.15) is 19.3 Å². The van der Waals surface area contributed by atoms with Gasteiger partial charge in [0.2, 0.25) is 11.8 Å². The van der Waals surface area contributed by atoms with Gasteiger partial charge < -0.3 is 10.1 Å². The molecule has 0 bridgehead atoms. The van der Waals surface area contributed by atoms with Gasteiger partial charge in [-0.05, 0) is 24.8 Å². The molecule has 0 spiro atoms. The van der Waals surface area contributed by atoms with Gasteiger partial charge in [0.1, 0.15) is 0 Å². The molecule has 1 fully saturated rings. The van der Waals surface area contributed by atoms with Crippen molar-refractivity contribution in [3.8, 4) is 5.88 Å². The SMILES string of the molecule is COc1ccc(NC(=O)CC2CC2)cn1. The Morgan fingerprint density at radius 2 is 2.40 bits per heavy atom. The Labute approximate surface area is 88.7 Å². The number of anilines is 1. The van der Waals surface area contributed by atoms with Gasteiger partial charge in [0, 0.05) is 12.5 Å². The largest absolute Gasteiger partial charge is 0.481 e. The van der Waals surface area contributed by atoms with E-state index in [0.717, 1.165) is 5.69 Å². The molecule has 2 rings (SSSR count). The maximum absolute atomic E-state index is 11.4. The van der Waals surface area contributed by atoms with Crippen LogP contribution in [0.25, 0.3) is 0 Å². The number of methoxy groups -OCH3 is 1. The van der Waals surface area contributed by atoms with Crippen LogP contribution >= 0.6 is 0 Å². The summed E-state index contributed by atoms with van der Waals surface area (Å²) in [5.74, 6) is 1.23. The second kappa shape index (κ2) is 4.29. The maximum atomic E-state index is 11.4. The first kappa shape index (κ1) is 9.96. The minimum Gasteiger partial charge on any atom is -0.481 e. The number of ether oxygens (including phenoxy) is 1. The van der Waals surface area contributed by atoms with Crippen molar-refractivity contribution in [1.29, 1.82) is 0 Å². The second-order valence-corrected chi connectivity index (χ2v) is 3.78. The average Bonchev–Trinajstić information content (AvgIpc) is 3.03. The number of nitrogens with zero attached hydrogens (tertiary/aromatic N) is 1. The van der Waals surface area contributed by atoms with E-state index in [9.17, 15) is 4.79 Å². The molecule has 1 aromatic heterocycles. The van der Waals surface area contributed by atoms with E-state index in [1.807, 2.05) is 0 Å². The molecule has 0 saturated heterocycles. The summed E-state index contributed by atoms with van der Waals surface area (Å²) in [5.41, 5.74) is 0.724. The smallest absolute Gasteiger partial charge is 0.224 e. The van der Waals surface area contributed by atoms with Gasteiger partial charge >= 0.3 is 0 Å². The molecule has 0 radical (unpaired) electrons. The van der Waals surface area contributed by atoms with Crippen molar-refractivity contribution < 1.29 is 9.53 Å². The summed E-state index contributed by atoms with van der Waals surface area (Å²) in [6.07, 6.45) is 4.61. The summed E-state index contributed by atoms with van der Waals surface area (Å²) in [5, 5.41) is 2.81. The van der Waals surface area contributed by atoms with Crippen LogP contribution in [-0.4, -0.2) is 18.0 Å². The van der Waals surface area contributed by atoms with Crippen LogP contribution in [-0.2, 0) is 4.79 Å². The molecule has 1 aliphatic carbocycles. The van der Waals surface area contributed by atoms with E-state index < -0.39 is 0 Å². The Balaban J connectivity index is 1.88. The maximum Gasteiger partial charge on any atom is 0.224 e. The van der Waals surface area contributed by atoms with E-state index >= 15 is 0 Å². The van der Waals surface area contributed by atoms with Crippen LogP contribution in [0.2, 0.25) is 0 Å². The van der Waals surface area contributed by atoms with Crippen molar-refractivity contribution in [3.63, 3.8) is 0 Å². The summed E-state index contributed by atoms with van der Waals surface area (Å²) < 4.78 is 4.92. The molecule has 80 valence electrons. The predicted octanol–water partition coefficient (Wildman–Crippen LogP) is 1.83. The van der Waals surface area contributed by atoms with Crippen molar-refractivity contribution in [1.82, 2.24) is 4.98 Å².